The van der Waals surface area contributed by atoms with E-state index in [0.717, 1.165) is 26.5 Å². The van der Waals surface area contributed by atoms with Crippen LogP contribution in [0.1, 0.15) is 29.2 Å². The first-order valence-electron chi connectivity index (χ1n) is 11.0. The number of halogens is 2. The van der Waals surface area contributed by atoms with Crippen LogP contribution >= 0.6 is 46.0 Å². The standard InChI is InChI=1S/C27H20ClIN2O4S/c1-2-34-23-12-18(11-22(29)25(23)35-16-20-6-4-3-5-19(20)14-30)13-24-26(32)31(27(33)36-24)15-17-7-9-21(28)10-8-17/h3-13H,2,15-16H2,1H3/b24-13-. The summed E-state index contributed by atoms with van der Waals surface area (Å²) in [5.41, 5.74) is 2.85. The summed E-state index contributed by atoms with van der Waals surface area (Å²) in [6.07, 6.45) is 1.69. The topological polar surface area (TPSA) is 79.6 Å². The van der Waals surface area contributed by atoms with Gasteiger partial charge in [-0.2, -0.15) is 5.26 Å². The van der Waals surface area contributed by atoms with Crippen molar-refractivity contribution in [2.45, 2.75) is 20.1 Å². The van der Waals surface area contributed by atoms with Gasteiger partial charge < -0.3 is 9.47 Å². The van der Waals surface area contributed by atoms with Gasteiger partial charge in [-0.25, -0.2) is 0 Å². The molecule has 1 fully saturated rings. The van der Waals surface area contributed by atoms with Gasteiger partial charge in [0.05, 0.1) is 33.3 Å². The van der Waals surface area contributed by atoms with E-state index >= 15 is 0 Å². The number of benzene rings is 3. The molecule has 0 saturated carbocycles. The maximum Gasteiger partial charge on any atom is 0.293 e. The fourth-order valence-electron chi connectivity index (χ4n) is 3.54. The van der Waals surface area contributed by atoms with Crippen LogP contribution in [-0.4, -0.2) is 22.7 Å². The van der Waals surface area contributed by atoms with Crippen molar-refractivity contribution in [1.29, 1.82) is 5.26 Å². The number of amides is 2. The maximum absolute atomic E-state index is 13.0. The lowest BCUT2D eigenvalue weighted by Crippen LogP contribution is -2.27. The van der Waals surface area contributed by atoms with Crippen molar-refractivity contribution in [2.75, 3.05) is 6.61 Å². The van der Waals surface area contributed by atoms with Gasteiger partial charge in [-0.3, -0.25) is 14.5 Å². The average Bonchev–Trinajstić information content (AvgIpc) is 3.12. The molecule has 9 heteroatoms. The molecule has 3 aromatic rings. The zero-order valence-electron chi connectivity index (χ0n) is 19.2. The van der Waals surface area contributed by atoms with Crippen molar-refractivity contribution < 1.29 is 19.1 Å². The first-order valence-corrected chi connectivity index (χ1v) is 13.2. The van der Waals surface area contributed by atoms with Crippen LogP contribution in [0.15, 0.2) is 65.6 Å². The fourth-order valence-corrected chi connectivity index (χ4v) is 5.28. The van der Waals surface area contributed by atoms with Crippen LogP contribution in [-0.2, 0) is 17.9 Å². The number of rotatable bonds is 8. The second kappa shape index (κ2) is 11.8. The van der Waals surface area contributed by atoms with Crippen molar-refractivity contribution in [3.8, 4) is 17.6 Å². The minimum atomic E-state index is -0.346. The minimum absolute atomic E-state index is 0.178. The van der Waals surface area contributed by atoms with Crippen molar-refractivity contribution in [1.82, 2.24) is 4.90 Å². The van der Waals surface area contributed by atoms with Gasteiger partial charge in [0.2, 0.25) is 0 Å². The molecule has 1 heterocycles. The Morgan fingerprint density at radius 2 is 1.86 bits per heavy atom. The predicted molar refractivity (Wildman–Crippen MR) is 149 cm³/mol. The largest absolute Gasteiger partial charge is 0.490 e. The molecule has 1 saturated heterocycles. The highest BCUT2D eigenvalue weighted by molar-refractivity contribution is 14.1. The highest BCUT2D eigenvalue weighted by Gasteiger charge is 2.35. The average molecular weight is 631 g/mol. The SMILES string of the molecule is CCOc1cc(/C=C2\SC(=O)N(Cc3ccc(Cl)cc3)C2=O)cc(I)c1OCc1ccccc1C#N. The molecule has 4 rings (SSSR count). The number of nitrogens with zero attached hydrogens (tertiary/aromatic N) is 2. The minimum Gasteiger partial charge on any atom is -0.490 e. The Kier molecular flexibility index (Phi) is 8.56. The van der Waals surface area contributed by atoms with E-state index in [1.807, 2.05) is 31.2 Å². The van der Waals surface area contributed by atoms with Gasteiger partial charge in [0.15, 0.2) is 11.5 Å². The molecular formula is C27H20ClIN2O4S. The first kappa shape index (κ1) is 26.1. The third-order valence-electron chi connectivity index (χ3n) is 5.27. The molecule has 36 heavy (non-hydrogen) atoms. The number of hydrogen-bond donors (Lipinski definition) is 0. The van der Waals surface area contributed by atoms with Gasteiger partial charge in [0.25, 0.3) is 11.1 Å². The lowest BCUT2D eigenvalue weighted by atomic mass is 10.1. The van der Waals surface area contributed by atoms with Crippen LogP contribution in [0.5, 0.6) is 11.5 Å². The molecule has 0 atom stereocenters. The smallest absolute Gasteiger partial charge is 0.293 e. The van der Waals surface area contributed by atoms with Gasteiger partial charge in [-0.1, -0.05) is 41.9 Å². The van der Waals surface area contributed by atoms with E-state index in [-0.39, 0.29) is 24.3 Å². The van der Waals surface area contributed by atoms with Crippen LogP contribution in [0.3, 0.4) is 0 Å². The van der Waals surface area contributed by atoms with Gasteiger partial charge in [0.1, 0.15) is 6.61 Å². The Hall–Kier alpha value is -3.00. The molecule has 0 aliphatic carbocycles. The quantitative estimate of drug-likeness (QED) is 0.196. The molecule has 2 amide bonds. The monoisotopic (exact) mass is 630 g/mol. The Labute approximate surface area is 232 Å². The third kappa shape index (κ3) is 6.03. The fraction of sp³-hybridized carbons (Fsp3) is 0.148. The summed E-state index contributed by atoms with van der Waals surface area (Å²) in [6, 6.07) is 20.1. The van der Waals surface area contributed by atoms with Gasteiger partial charge in [-0.15, -0.1) is 0 Å². The molecule has 1 aliphatic heterocycles. The van der Waals surface area contributed by atoms with Crippen molar-refractivity contribution in [2.24, 2.45) is 0 Å². The van der Waals surface area contributed by atoms with Crippen molar-refractivity contribution in [3.05, 3.63) is 96.4 Å². The Bertz CT molecular complexity index is 1390. The summed E-state index contributed by atoms with van der Waals surface area (Å²) in [6.45, 7) is 2.68. The number of carbonyl (C=O) groups excluding carboxylic acids is 2. The van der Waals surface area contributed by atoms with Crippen LogP contribution in [0.25, 0.3) is 6.08 Å². The highest BCUT2D eigenvalue weighted by atomic mass is 127. The molecule has 0 N–H and O–H groups in total. The summed E-state index contributed by atoms with van der Waals surface area (Å²) in [7, 11) is 0. The lowest BCUT2D eigenvalue weighted by Gasteiger charge is -2.15. The van der Waals surface area contributed by atoms with Crippen LogP contribution in [0, 0.1) is 14.9 Å². The second-order valence-corrected chi connectivity index (χ2v) is 10.3. The summed E-state index contributed by atoms with van der Waals surface area (Å²) < 4.78 is 12.7. The molecule has 6 nitrogen and oxygen atoms in total. The molecule has 0 radical (unpaired) electrons. The van der Waals surface area contributed by atoms with Crippen LogP contribution < -0.4 is 9.47 Å². The third-order valence-corrected chi connectivity index (χ3v) is 7.23. The van der Waals surface area contributed by atoms with E-state index in [4.69, 9.17) is 21.1 Å². The lowest BCUT2D eigenvalue weighted by molar-refractivity contribution is -0.123. The molecule has 0 unspecified atom stereocenters. The molecule has 1 aliphatic rings. The molecule has 0 spiro atoms. The molecule has 182 valence electrons. The zero-order chi connectivity index (χ0) is 25.7. The second-order valence-electron chi connectivity index (χ2n) is 7.71. The number of hydrogen-bond acceptors (Lipinski definition) is 6. The Morgan fingerprint density at radius 3 is 2.58 bits per heavy atom. The number of ether oxygens (including phenoxy) is 2. The van der Waals surface area contributed by atoms with E-state index in [0.29, 0.717) is 39.2 Å². The van der Waals surface area contributed by atoms with Crippen molar-refractivity contribution >= 4 is 63.2 Å². The summed E-state index contributed by atoms with van der Waals surface area (Å²) in [4.78, 5) is 27.1. The summed E-state index contributed by atoms with van der Waals surface area (Å²) in [5.74, 6) is 0.727. The predicted octanol–water partition coefficient (Wildman–Crippen LogP) is 7.03. The molecule has 0 aromatic heterocycles. The Morgan fingerprint density at radius 1 is 1.11 bits per heavy atom. The number of thioether (sulfide) groups is 1. The summed E-state index contributed by atoms with van der Waals surface area (Å²) in [5, 5.41) is 9.60. The van der Waals surface area contributed by atoms with Gasteiger partial charge >= 0.3 is 0 Å². The van der Waals surface area contributed by atoms with E-state index in [9.17, 15) is 14.9 Å². The molecule has 0 bridgehead atoms. The Balaban J connectivity index is 1.56. The van der Waals surface area contributed by atoms with Crippen LogP contribution in [0.2, 0.25) is 5.02 Å². The van der Waals surface area contributed by atoms with Crippen LogP contribution in [0.4, 0.5) is 4.79 Å². The normalized spacial score (nSPS) is 14.3. The first-order chi connectivity index (χ1) is 17.4. The maximum atomic E-state index is 13.0. The van der Waals surface area contributed by atoms with Crippen molar-refractivity contribution in [3.63, 3.8) is 0 Å². The van der Waals surface area contributed by atoms with Gasteiger partial charge in [-0.05, 0) is 88.8 Å². The molecule has 3 aromatic carbocycles. The van der Waals surface area contributed by atoms with E-state index in [1.54, 1.807) is 42.5 Å². The van der Waals surface area contributed by atoms with Gasteiger partial charge in [0, 0.05) is 10.6 Å². The number of imide groups is 1. The zero-order valence-corrected chi connectivity index (χ0v) is 22.9. The summed E-state index contributed by atoms with van der Waals surface area (Å²) >= 11 is 8.99. The van der Waals surface area contributed by atoms with E-state index < -0.39 is 0 Å². The number of nitriles is 1. The molecular weight excluding hydrogens is 611 g/mol. The highest BCUT2D eigenvalue weighted by Crippen LogP contribution is 2.38. The number of carbonyl (C=O) groups is 2. The van der Waals surface area contributed by atoms with E-state index in [2.05, 4.69) is 28.7 Å². The van der Waals surface area contributed by atoms with E-state index in [1.165, 1.54) is 4.90 Å².